The first-order chi connectivity index (χ1) is 12.9. The number of oxazole rings is 1. The molecule has 0 aliphatic rings. The number of benzene rings is 2. The quantitative estimate of drug-likeness (QED) is 0.478. The van der Waals surface area contributed by atoms with Gasteiger partial charge in [0.25, 0.3) is 0 Å². The summed E-state index contributed by atoms with van der Waals surface area (Å²) < 4.78 is 49.3. The van der Waals surface area contributed by atoms with Gasteiger partial charge >= 0.3 is 6.18 Å². The van der Waals surface area contributed by atoms with Crippen molar-refractivity contribution in [3.05, 3.63) is 71.1 Å². The largest absolute Gasteiger partial charge is 0.493 e. The molecular weight excluding hydrogens is 379 g/mol. The lowest BCUT2D eigenvalue weighted by Crippen LogP contribution is -2.04. The third-order valence-electron chi connectivity index (χ3n) is 4.01. The van der Waals surface area contributed by atoms with E-state index in [0.29, 0.717) is 41.8 Å². The van der Waals surface area contributed by atoms with Crippen LogP contribution in [0.2, 0.25) is 0 Å². The van der Waals surface area contributed by atoms with Gasteiger partial charge < -0.3 is 9.15 Å². The van der Waals surface area contributed by atoms with E-state index in [1.54, 1.807) is 6.92 Å². The average Bonchev–Trinajstić information content (AvgIpc) is 3.02. The standard InChI is InChI=1S/C20H17ClF3NO2/c1-13-18(9-10-26-17-4-2-3-14(11-17)12-21)25-19(27-13)15-5-7-16(8-6-15)20(22,23)24/h2-8,11H,9-10,12H2,1H3. The number of hydrogen-bond acceptors (Lipinski definition) is 3. The third kappa shape index (κ3) is 4.83. The Hall–Kier alpha value is -2.47. The van der Waals surface area contributed by atoms with Crippen molar-refractivity contribution < 1.29 is 22.3 Å². The van der Waals surface area contributed by atoms with Crippen molar-refractivity contribution in [3.8, 4) is 17.2 Å². The zero-order chi connectivity index (χ0) is 19.4. The molecule has 0 saturated carbocycles. The molecule has 27 heavy (non-hydrogen) atoms. The van der Waals surface area contributed by atoms with Gasteiger partial charge in [-0.25, -0.2) is 4.98 Å². The molecule has 0 bridgehead atoms. The average molecular weight is 396 g/mol. The van der Waals surface area contributed by atoms with E-state index < -0.39 is 11.7 Å². The van der Waals surface area contributed by atoms with Crippen LogP contribution in [0.1, 0.15) is 22.6 Å². The number of ether oxygens (including phenoxy) is 1. The second-order valence-corrected chi connectivity index (χ2v) is 6.24. The Morgan fingerprint density at radius 1 is 1.11 bits per heavy atom. The second-order valence-electron chi connectivity index (χ2n) is 5.98. The van der Waals surface area contributed by atoms with Gasteiger partial charge in [0.2, 0.25) is 5.89 Å². The minimum Gasteiger partial charge on any atom is -0.493 e. The second kappa shape index (κ2) is 8.05. The number of aryl methyl sites for hydroxylation is 1. The number of hydrogen-bond donors (Lipinski definition) is 0. The first-order valence-corrected chi connectivity index (χ1v) is 8.82. The molecule has 3 rings (SSSR count). The van der Waals surface area contributed by atoms with Gasteiger partial charge in [-0.05, 0) is 48.9 Å². The molecule has 0 spiro atoms. The summed E-state index contributed by atoms with van der Waals surface area (Å²) in [4.78, 5) is 4.39. The van der Waals surface area contributed by atoms with Crippen LogP contribution >= 0.6 is 11.6 Å². The van der Waals surface area contributed by atoms with Gasteiger partial charge in [0.1, 0.15) is 11.5 Å². The predicted molar refractivity (Wildman–Crippen MR) is 96.9 cm³/mol. The maximum atomic E-state index is 12.7. The van der Waals surface area contributed by atoms with E-state index in [2.05, 4.69) is 4.98 Å². The van der Waals surface area contributed by atoms with Gasteiger partial charge in [-0.2, -0.15) is 13.2 Å². The van der Waals surface area contributed by atoms with E-state index in [1.165, 1.54) is 12.1 Å². The fraction of sp³-hybridized carbons (Fsp3) is 0.250. The van der Waals surface area contributed by atoms with Gasteiger partial charge in [-0.3, -0.25) is 0 Å². The summed E-state index contributed by atoms with van der Waals surface area (Å²) in [6.07, 6.45) is -3.85. The Morgan fingerprint density at radius 2 is 1.85 bits per heavy atom. The summed E-state index contributed by atoms with van der Waals surface area (Å²) in [6.45, 7) is 2.16. The van der Waals surface area contributed by atoms with Gasteiger partial charge in [-0.15, -0.1) is 11.6 Å². The molecule has 0 amide bonds. The van der Waals surface area contributed by atoms with Crippen molar-refractivity contribution in [2.45, 2.75) is 25.4 Å². The molecule has 0 N–H and O–H groups in total. The molecule has 0 aliphatic carbocycles. The highest BCUT2D eigenvalue weighted by molar-refractivity contribution is 6.17. The molecule has 3 aromatic rings. The molecule has 142 valence electrons. The molecule has 1 aromatic heterocycles. The molecule has 0 fully saturated rings. The Labute approximate surface area is 159 Å². The van der Waals surface area contributed by atoms with Crippen molar-refractivity contribution in [1.82, 2.24) is 4.98 Å². The number of rotatable bonds is 6. The third-order valence-corrected chi connectivity index (χ3v) is 4.32. The highest BCUT2D eigenvalue weighted by Gasteiger charge is 2.30. The van der Waals surface area contributed by atoms with E-state index in [1.807, 2.05) is 24.3 Å². The van der Waals surface area contributed by atoms with Crippen LogP contribution in [0.4, 0.5) is 13.2 Å². The summed E-state index contributed by atoms with van der Waals surface area (Å²) in [5.74, 6) is 2.04. The Kier molecular flexibility index (Phi) is 5.75. The van der Waals surface area contributed by atoms with Crippen LogP contribution in [0.15, 0.2) is 52.9 Å². The Balaban J connectivity index is 1.65. The van der Waals surface area contributed by atoms with E-state index in [9.17, 15) is 13.2 Å². The molecule has 0 radical (unpaired) electrons. The summed E-state index contributed by atoms with van der Waals surface area (Å²) in [6, 6.07) is 12.2. The molecule has 7 heteroatoms. The van der Waals surface area contributed by atoms with Crippen LogP contribution in [0.5, 0.6) is 5.75 Å². The van der Waals surface area contributed by atoms with Gasteiger partial charge in [0.05, 0.1) is 17.9 Å². The summed E-state index contributed by atoms with van der Waals surface area (Å²) in [5, 5.41) is 0. The lowest BCUT2D eigenvalue weighted by Gasteiger charge is -2.06. The van der Waals surface area contributed by atoms with E-state index in [-0.39, 0.29) is 0 Å². The van der Waals surface area contributed by atoms with E-state index >= 15 is 0 Å². The summed E-state index contributed by atoms with van der Waals surface area (Å²) in [7, 11) is 0. The maximum Gasteiger partial charge on any atom is 0.416 e. The maximum absolute atomic E-state index is 12.7. The molecule has 0 saturated heterocycles. The first-order valence-electron chi connectivity index (χ1n) is 8.28. The topological polar surface area (TPSA) is 35.3 Å². The Morgan fingerprint density at radius 3 is 2.52 bits per heavy atom. The molecule has 0 aliphatic heterocycles. The van der Waals surface area contributed by atoms with Crippen molar-refractivity contribution in [3.63, 3.8) is 0 Å². The fourth-order valence-electron chi connectivity index (χ4n) is 2.57. The SMILES string of the molecule is Cc1oc(-c2ccc(C(F)(F)F)cc2)nc1CCOc1cccc(CCl)c1. The first kappa shape index (κ1) is 19.3. The molecule has 2 aromatic carbocycles. The van der Waals surface area contributed by atoms with E-state index in [4.69, 9.17) is 20.8 Å². The van der Waals surface area contributed by atoms with Crippen molar-refractivity contribution in [2.24, 2.45) is 0 Å². The van der Waals surface area contributed by atoms with Gasteiger partial charge in [-0.1, -0.05) is 12.1 Å². The summed E-state index contributed by atoms with van der Waals surface area (Å²) in [5.41, 5.74) is 1.46. The fourth-order valence-corrected chi connectivity index (χ4v) is 2.74. The van der Waals surface area contributed by atoms with Crippen LogP contribution in [-0.2, 0) is 18.5 Å². The van der Waals surface area contributed by atoms with Gasteiger partial charge in [0.15, 0.2) is 0 Å². The molecular formula is C20H17ClF3NO2. The molecule has 1 heterocycles. The van der Waals surface area contributed by atoms with Crippen LogP contribution in [0, 0.1) is 6.92 Å². The molecule has 0 unspecified atom stereocenters. The molecule has 3 nitrogen and oxygen atoms in total. The van der Waals surface area contributed by atoms with Crippen LogP contribution < -0.4 is 4.74 Å². The van der Waals surface area contributed by atoms with Gasteiger partial charge in [0, 0.05) is 17.9 Å². The normalized spacial score (nSPS) is 11.6. The lowest BCUT2D eigenvalue weighted by atomic mass is 10.1. The summed E-state index contributed by atoms with van der Waals surface area (Å²) >= 11 is 5.80. The Bertz CT molecular complexity index is 904. The predicted octanol–water partition coefficient (Wildman–Crippen LogP) is 6.03. The minimum atomic E-state index is -4.37. The monoisotopic (exact) mass is 395 g/mol. The van der Waals surface area contributed by atoms with Crippen LogP contribution in [-0.4, -0.2) is 11.6 Å². The zero-order valence-corrected chi connectivity index (χ0v) is 15.3. The number of nitrogens with zero attached hydrogens (tertiary/aromatic N) is 1. The molecule has 0 atom stereocenters. The minimum absolute atomic E-state index is 0.292. The highest BCUT2D eigenvalue weighted by atomic mass is 35.5. The van der Waals surface area contributed by atoms with Crippen LogP contribution in [0.3, 0.4) is 0 Å². The lowest BCUT2D eigenvalue weighted by molar-refractivity contribution is -0.137. The highest BCUT2D eigenvalue weighted by Crippen LogP contribution is 2.31. The number of aromatic nitrogens is 1. The van der Waals surface area contributed by atoms with Crippen molar-refractivity contribution >= 4 is 11.6 Å². The van der Waals surface area contributed by atoms with Crippen molar-refractivity contribution in [1.29, 1.82) is 0 Å². The number of alkyl halides is 4. The van der Waals surface area contributed by atoms with Crippen LogP contribution in [0.25, 0.3) is 11.5 Å². The smallest absolute Gasteiger partial charge is 0.416 e. The number of halogens is 4. The zero-order valence-electron chi connectivity index (χ0n) is 14.5. The van der Waals surface area contributed by atoms with Crippen molar-refractivity contribution in [2.75, 3.05) is 6.61 Å². The van der Waals surface area contributed by atoms with E-state index in [0.717, 1.165) is 23.4 Å².